The van der Waals surface area contributed by atoms with Gasteiger partial charge < -0.3 is 5.32 Å². The molecular formula is C12H13ClN2S. The average molecular weight is 253 g/mol. The van der Waals surface area contributed by atoms with Crippen molar-refractivity contribution in [2.75, 3.05) is 13.1 Å². The van der Waals surface area contributed by atoms with Crippen LogP contribution in [0.25, 0.3) is 10.2 Å². The van der Waals surface area contributed by atoms with Gasteiger partial charge in [0.25, 0.3) is 0 Å². The largest absolute Gasteiger partial charge is 0.316 e. The van der Waals surface area contributed by atoms with Gasteiger partial charge in [-0.25, -0.2) is 4.98 Å². The van der Waals surface area contributed by atoms with Gasteiger partial charge in [-0.3, -0.25) is 0 Å². The molecule has 2 nitrogen and oxygen atoms in total. The second-order valence-corrected chi connectivity index (χ2v) is 5.90. The Balaban J connectivity index is 2.04. The predicted octanol–water partition coefficient (Wildman–Crippen LogP) is 3.27. The molecule has 16 heavy (non-hydrogen) atoms. The zero-order valence-corrected chi connectivity index (χ0v) is 10.6. The number of halogens is 1. The number of hydrogen-bond acceptors (Lipinski definition) is 3. The van der Waals surface area contributed by atoms with Gasteiger partial charge in [0, 0.05) is 17.5 Å². The van der Waals surface area contributed by atoms with Crippen molar-refractivity contribution in [3.8, 4) is 0 Å². The summed E-state index contributed by atoms with van der Waals surface area (Å²) in [5.41, 5.74) is 1.03. The number of thiazole rings is 1. The summed E-state index contributed by atoms with van der Waals surface area (Å²) in [6.45, 7) is 4.43. The van der Waals surface area contributed by atoms with E-state index in [9.17, 15) is 0 Å². The summed E-state index contributed by atoms with van der Waals surface area (Å²) in [5.74, 6) is 1.24. The average Bonchev–Trinajstić information content (AvgIpc) is 2.82. The Morgan fingerprint density at radius 1 is 1.44 bits per heavy atom. The van der Waals surface area contributed by atoms with Gasteiger partial charge in [-0.2, -0.15) is 0 Å². The number of rotatable bonds is 1. The molecule has 0 amide bonds. The van der Waals surface area contributed by atoms with Crippen LogP contribution in [0, 0.1) is 5.92 Å². The van der Waals surface area contributed by atoms with Crippen molar-refractivity contribution in [2.45, 2.75) is 12.8 Å². The number of nitrogens with one attached hydrogen (secondary N) is 1. The topological polar surface area (TPSA) is 24.9 Å². The van der Waals surface area contributed by atoms with Crippen LogP contribution in [0.1, 0.15) is 17.8 Å². The lowest BCUT2D eigenvalue weighted by atomic mass is 9.99. The molecule has 1 aliphatic rings. The van der Waals surface area contributed by atoms with Crippen LogP contribution in [0.4, 0.5) is 0 Å². The van der Waals surface area contributed by atoms with Crippen LogP contribution in [-0.2, 0) is 0 Å². The van der Waals surface area contributed by atoms with Crippen LogP contribution in [0.3, 0.4) is 0 Å². The minimum Gasteiger partial charge on any atom is -0.316 e. The van der Waals surface area contributed by atoms with Gasteiger partial charge >= 0.3 is 0 Å². The summed E-state index contributed by atoms with van der Waals surface area (Å²) in [6.07, 6.45) is 0. The van der Waals surface area contributed by atoms with Crippen LogP contribution in [0.15, 0.2) is 18.2 Å². The smallest absolute Gasteiger partial charge is 0.0985 e. The highest BCUT2D eigenvalue weighted by Crippen LogP contribution is 2.34. The number of fused-ring (bicyclic) bond motifs is 1. The summed E-state index contributed by atoms with van der Waals surface area (Å²) in [5, 5.41) is 5.43. The quantitative estimate of drug-likeness (QED) is 0.843. The normalized spacial score (nSPS) is 25.4. The molecule has 0 bridgehead atoms. The molecule has 0 radical (unpaired) electrons. The lowest BCUT2D eigenvalue weighted by Crippen LogP contribution is -2.07. The van der Waals surface area contributed by atoms with Crippen molar-refractivity contribution in [3.63, 3.8) is 0 Å². The third-order valence-corrected chi connectivity index (χ3v) is 4.60. The van der Waals surface area contributed by atoms with Crippen molar-refractivity contribution >= 4 is 33.2 Å². The molecule has 84 valence electrons. The van der Waals surface area contributed by atoms with Gasteiger partial charge in [-0.1, -0.05) is 18.5 Å². The third kappa shape index (κ3) is 1.73. The van der Waals surface area contributed by atoms with Gasteiger partial charge in [-0.05, 0) is 30.7 Å². The van der Waals surface area contributed by atoms with E-state index in [4.69, 9.17) is 16.6 Å². The molecule has 2 heterocycles. The summed E-state index contributed by atoms with van der Waals surface area (Å²) >= 11 is 7.77. The molecule has 2 unspecified atom stereocenters. The Morgan fingerprint density at radius 3 is 3.06 bits per heavy atom. The maximum atomic E-state index is 5.97. The number of hydrogen-bond donors (Lipinski definition) is 1. The SMILES string of the molecule is CC1CNCC1c1nc2cc(Cl)ccc2s1. The number of benzene rings is 1. The van der Waals surface area contributed by atoms with Crippen molar-refractivity contribution < 1.29 is 0 Å². The van der Waals surface area contributed by atoms with Crippen LogP contribution >= 0.6 is 22.9 Å². The molecule has 1 aromatic heterocycles. The van der Waals surface area contributed by atoms with Crippen molar-refractivity contribution in [1.29, 1.82) is 0 Å². The highest BCUT2D eigenvalue weighted by molar-refractivity contribution is 7.18. The molecule has 2 aromatic rings. The second-order valence-electron chi connectivity index (χ2n) is 4.41. The molecular weight excluding hydrogens is 240 g/mol. The van der Waals surface area contributed by atoms with Gasteiger partial charge in [0.2, 0.25) is 0 Å². The molecule has 1 aromatic carbocycles. The van der Waals surface area contributed by atoms with E-state index < -0.39 is 0 Å². The maximum Gasteiger partial charge on any atom is 0.0985 e. The molecule has 1 saturated heterocycles. The third-order valence-electron chi connectivity index (χ3n) is 3.20. The molecule has 1 aliphatic heterocycles. The predicted molar refractivity (Wildman–Crippen MR) is 69.4 cm³/mol. The zero-order chi connectivity index (χ0) is 11.1. The molecule has 4 heteroatoms. The van der Waals surface area contributed by atoms with E-state index in [-0.39, 0.29) is 0 Å². The highest BCUT2D eigenvalue weighted by atomic mass is 35.5. The van der Waals surface area contributed by atoms with Gasteiger partial charge in [-0.15, -0.1) is 11.3 Å². The molecule has 0 aliphatic carbocycles. The Hall–Kier alpha value is -0.640. The fraction of sp³-hybridized carbons (Fsp3) is 0.417. The fourth-order valence-electron chi connectivity index (χ4n) is 2.22. The first-order valence-corrected chi connectivity index (χ1v) is 6.70. The molecule has 2 atom stereocenters. The summed E-state index contributed by atoms with van der Waals surface area (Å²) in [4.78, 5) is 4.70. The Labute approximate surface area is 104 Å². The molecule has 3 rings (SSSR count). The van der Waals surface area contributed by atoms with Crippen LogP contribution in [0.5, 0.6) is 0 Å². The fourth-order valence-corrected chi connectivity index (χ4v) is 3.57. The van der Waals surface area contributed by atoms with E-state index in [1.807, 2.05) is 12.1 Å². The molecule has 0 spiro atoms. The highest BCUT2D eigenvalue weighted by Gasteiger charge is 2.27. The zero-order valence-electron chi connectivity index (χ0n) is 9.03. The Morgan fingerprint density at radius 2 is 2.31 bits per heavy atom. The van der Waals surface area contributed by atoms with Gasteiger partial charge in [0.05, 0.1) is 15.2 Å². The minimum absolute atomic E-state index is 0.566. The first-order chi connectivity index (χ1) is 7.74. The Kier molecular flexibility index (Phi) is 2.62. The Bertz CT molecular complexity index is 523. The van der Waals surface area contributed by atoms with E-state index in [1.54, 1.807) is 11.3 Å². The van der Waals surface area contributed by atoms with E-state index >= 15 is 0 Å². The summed E-state index contributed by atoms with van der Waals surface area (Å²) in [6, 6.07) is 5.94. The first-order valence-electron chi connectivity index (χ1n) is 5.51. The minimum atomic E-state index is 0.566. The molecule has 0 saturated carbocycles. The standard InChI is InChI=1S/C12H13ClN2S/c1-7-5-14-6-9(7)12-15-10-4-8(13)2-3-11(10)16-12/h2-4,7,9,14H,5-6H2,1H3. The maximum absolute atomic E-state index is 5.97. The summed E-state index contributed by atoms with van der Waals surface area (Å²) in [7, 11) is 0. The van der Waals surface area contributed by atoms with E-state index in [1.165, 1.54) is 9.71 Å². The van der Waals surface area contributed by atoms with Gasteiger partial charge in [0.1, 0.15) is 0 Å². The second kappa shape index (κ2) is 3.99. The van der Waals surface area contributed by atoms with Crippen LogP contribution < -0.4 is 5.32 Å². The molecule has 1 fully saturated rings. The van der Waals surface area contributed by atoms with E-state index in [2.05, 4.69) is 18.3 Å². The van der Waals surface area contributed by atoms with Crippen molar-refractivity contribution in [2.24, 2.45) is 5.92 Å². The van der Waals surface area contributed by atoms with Crippen molar-refractivity contribution in [1.82, 2.24) is 10.3 Å². The lowest BCUT2D eigenvalue weighted by Gasteiger charge is -2.09. The van der Waals surface area contributed by atoms with Crippen LogP contribution in [0.2, 0.25) is 5.02 Å². The van der Waals surface area contributed by atoms with E-state index in [0.717, 1.165) is 23.6 Å². The number of nitrogens with zero attached hydrogens (tertiary/aromatic N) is 1. The first kappa shape index (κ1) is 10.5. The number of aromatic nitrogens is 1. The summed E-state index contributed by atoms with van der Waals surface area (Å²) < 4.78 is 1.23. The molecule has 1 N–H and O–H groups in total. The monoisotopic (exact) mass is 252 g/mol. The van der Waals surface area contributed by atoms with Gasteiger partial charge in [0.15, 0.2) is 0 Å². The van der Waals surface area contributed by atoms with E-state index in [0.29, 0.717) is 11.8 Å². The van der Waals surface area contributed by atoms with Crippen molar-refractivity contribution in [3.05, 3.63) is 28.2 Å². The van der Waals surface area contributed by atoms with Crippen LogP contribution in [-0.4, -0.2) is 18.1 Å². The lowest BCUT2D eigenvalue weighted by molar-refractivity contribution is 0.570.